The van der Waals surface area contributed by atoms with Crippen molar-refractivity contribution in [3.05, 3.63) is 58.4 Å². The molecular weight excluding hydrogens is 356 g/mol. The second-order valence-corrected chi connectivity index (χ2v) is 7.31. The Morgan fingerprint density at radius 3 is 2.96 bits per heavy atom. The molecule has 1 fully saturated rings. The highest BCUT2D eigenvalue weighted by Gasteiger charge is 2.24. The van der Waals surface area contributed by atoms with E-state index >= 15 is 0 Å². The van der Waals surface area contributed by atoms with E-state index in [-0.39, 0.29) is 11.6 Å². The van der Waals surface area contributed by atoms with Crippen LogP contribution in [0.3, 0.4) is 0 Å². The van der Waals surface area contributed by atoms with Gasteiger partial charge in [-0.05, 0) is 44.5 Å². The van der Waals surface area contributed by atoms with Crippen LogP contribution in [-0.4, -0.2) is 61.8 Å². The third-order valence-corrected chi connectivity index (χ3v) is 5.36. The van der Waals surface area contributed by atoms with E-state index in [0.717, 1.165) is 38.0 Å². The summed E-state index contributed by atoms with van der Waals surface area (Å²) in [5.74, 6) is -0.0375. The van der Waals surface area contributed by atoms with Crippen LogP contribution >= 0.6 is 0 Å². The van der Waals surface area contributed by atoms with Gasteiger partial charge in [0.1, 0.15) is 0 Å². The zero-order valence-electron chi connectivity index (χ0n) is 15.9. The van der Waals surface area contributed by atoms with Crippen LogP contribution in [0.4, 0.5) is 0 Å². The first-order valence-electron chi connectivity index (χ1n) is 9.57. The zero-order chi connectivity index (χ0) is 19.5. The average molecular weight is 380 g/mol. The Labute approximate surface area is 162 Å². The van der Waals surface area contributed by atoms with Gasteiger partial charge < -0.3 is 9.88 Å². The number of aromatic nitrogens is 4. The summed E-state index contributed by atoms with van der Waals surface area (Å²) in [6.07, 6.45) is 6.28. The first-order chi connectivity index (χ1) is 13.6. The summed E-state index contributed by atoms with van der Waals surface area (Å²) in [5, 5.41) is 0. The molecule has 3 aromatic rings. The topological polar surface area (TPSA) is 98.0 Å². The maximum absolute atomic E-state index is 12.9. The molecule has 0 aliphatic carbocycles. The quantitative estimate of drug-likeness (QED) is 0.719. The van der Waals surface area contributed by atoms with Gasteiger partial charge in [0.05, 0.1) is 16.8 Å². The van der Waals surface area contributed by atoms with Gasteiger partial charge in [-0.25, -0.2) is 9.78 Å². The van der Waals surface area contributed by atoms with Crippen LogP contribution in [0.5, 0.6) is 0 Å². The summed E-state index contributed by atoms with van der Waals surface area (Å²) in [6.45, 7) is 2.24. The maximum Gasteiger partial charge on any atom is 0.325 e. The molecule has 8 heteroatoms. The van der Waals surface area contributed by atoms with Gasteiger partial charge in [-0.1, -0.05) is 6.07 Å². The van der Waals surface area contributed by atoms with E-state index in [4.69, 9.17) is 0 Å². The van der Waals surface area contributed by atoms with Crippen LogP contribution in [-0.2, 0) is 6.54 Å². The van der Waals surface area contributed by atoms with Crippen LogP contribution in [0, 0.1) is 0 Å². The van der Waals surface area contributed by atoms with Crippen molar-refractivity contribution in [1.29, 1.82) is 0 Å². The summed E-state index contributed by atoms with van der Waals surface area (Å²) in [5.41, 5.74) is 2.26. The van der Waals surface area contributed by atoms with Gasteiger partial charge in [0, 0.05) is 38.1 Å². The standard InChI is InChI=1S/C20H24N6O2/c1-25(13-15-5-2-3-8-21-15)16-6-4-9-26(10-7-16)19(27)14-11-17-18(22-12-14)24-20(28)23-17/h2-3,5,8,11-12,16H,4,6-7,9-10,13H2,1H3,(H2,22,23,24,28). The lowest BCUT2D eigenvalue weighted by Gasteiger charge is -2.27. The monoisotopic (exact) mass is 380 g/mol. The highest BCUT2D eigenvalue weighted by molar-refractivity contribution is 5.96. The molecule has 1 atom stereocenters. The van der Waals surface area contributed by atoms with E-state index in [1.54, 1.807) is 6.07 Å². The number of nitrogens with one attached hydrogen (secondary N) is 2. The Morgan fingerprint density at radius 1 is 1.25 bits per heavy atom. The van der Waals surface area contributed by atoms with E-state index in [9.17, 15) is 9.59 Å². The second kappa shape index (κ2) is 7.93. The average Bonchev–Trinajstić information content (AvgIpc) is 2.90. The normalized spacial score (nSPS) is 17.8. The Hall–Kier alpha value is -3.00. The van der Waals surface area contributed by atoms with Crippen LogP contribution in [0.25, 0.3) is 11.2 Å². The van der Waals surface area contributed by atoms with Crippen molar-refractivity contribution >= 4 is 17.1 Å². The number of carbonyl (C=O) groups excluding carboxylic acids is 1. The number of carbonyl (C=O) groups is 1. The van der Waals surface area contributed by atoms with Crippen molar-refractivity contribution in [2.75, 3.05) is 20.1 Å². The van der Waals surface area contributed by atoms with Gasteiger partial charge >= 0.3 is 5.69 Å². The maximum atomic E-state index is 12.9. The molecule has 0 radical (unpaired) electrons. The fraction of sp³-hybridized carbons (Fsp3) is 0.400. The smallest absolute Gasteiger partial charge is 0.325 e. The van der Waals surface area contributed by atoms with Gasteiger partial charge in [-0.15, -0.1) is 0 Å². The van der Waals surface area contributed by atoms with Gasteiger partial charge in [0.15, 0.2) is 5.65 Å². The summed E-state index contributed by atoms with van der Waals surface area (Å²) in [4.78, 5) is 42.4. The van der Waals surface area contributed by atoms with Gasteiger partial charge in [-0.3, -0.25) is 19.7 Å². The minimum atomic E-state index is -0.319. The number of H-pyrrole nitrogens is 2. The molecule has 4 rings (SSSR count). The fourth-order valence-electron chi connectivity index (χ4n) is 3.82. The Morgan fingerprint density at radius 2 is 2.14 bits per heavy atom. The molecule has 146 valence electrons. The van der Waals surface area contributed by atoms with Crippen molar-refractivity contribution < 1.29 is 4.79 Å². The molecule has 1 unspecified atom stereocenters. The fourth-order valence-corrected chi connectivity index (χ4v) is 3.82. The first-order valence-corrected chi connectivity index (χ1v) is 9.57. The van der Waals surface area contributed by atoms with E-state index in [1.807, 2.05) is 29.3 Å². The van der Waals surface area contributed by atoms with E-state index < -0.39 is 0 Å². The van der Waals surface area contributed by atoms with E-state index in [1.165, 1.54) is 6.20 Å². The lowest BCUT2D eigenvalue weighted by Crippen LogP contribution is -2.35. The molecule has 0 spiro atoms. The number of likely N-dealkylation sites (tertiary alicyclic amines) is 1. The van der Waals surface area contributed by atoms with E-state index in [0.29, 0.717) is 29.3 Å². The minimum Gasteiger partial charge on any atom is -0.339 e. The summed E-state index contributed by atoms with van der Waals surface area (Å²) < 4.78 is 0. The van der Waals surface area contributed by atoms with Crippen LogP contribution in [0.1, 0.15) is 35.3 Å². The molecule has 1 amide bonds. The van der Waals surface area contributed by atoms with Gasteiger partial charge in [-0.2, -0.15) is 0 Å². The molecule has 28 heavy (non-hydrogen) atoms. The van der Waals surface area contributed by atoms with Crippen molar-refractivity contribution in [2.45, 2.75) is 31.8 Å². The summed E-state index contributed by atoms with van der Waals surface area (Å²) >= 11 is 0. The third kappa shape index (κ3) is 3.96. The van der Waals surface area contributed by atoms with Crippen molar-refractivity contribution in [2.24, 2.45) is 0 Å². The molecule has 1 aliphatic rings. The highest BCUT2D eigenvalue weighted by Crippen LogP contribution is 2.19. The first kappa shape index (κ1) is 18.4. The Balaban J connectivity index is 1.41. The van der Waals surface area contributed by atoms with Crippen molar-refractivity contribution in [1.82, 2.24) is 29.7 Å². The molecule has 4 heterocycles. The Bertz CT molecular complexity index is 1010. The number of hydrogen-bond acceptors (Lipinski definition) is 5. The lowest BCUT2D eigenvalue weighted by atomic mass is 10.1. The molecule has 3 aromatic heterocycles. The SMILES string of the molecule is CN(Cc1ccccn1)C1CCCN(C(=O)c2cnc3[nH]c(=O)[nH]c3c2)CC1. The number of pyridine rings is 2. The zero-order valence-corrected chi connectivity index (χ0v) is 15.9. The largest absolute Gasteiger partial charge is 0.339 e. The minimum absolute atomic E-state index is 0.0375. The van der Waals surface area contributed by atoms with Crippen molar-refractivity contribution in [3.8, 4) is 0 Å². The number of nitrogens with zero attached hydrogens (tertiary/aromatic N) is 4. The number of fused-ring (bicyclic) bond motifs is 1. The highest BCUT2D eigenvalue weighted by atomic mass is 16.2. The third-order valence-electron chi connectivity index (χ3n) is 5.36. The van der Waals surface area contributed by atoms with Crippen LogP contribution in [0.15, 0.2) is 41.5 Å². The van der Waals surface area contributed by atoms with Crippen LogP contribution in [0.2, 0.25) is 0 Å². The number of hydrogen-bond donors (Lipinski definition) is 2. The predicted molar refractivity (Wildman–Crippen MR) is 106 cm³/mol. The molecule has 0 saturated carbocycles. The molecule has 1 aliphatic heterocycles. The number of imidazole rings is 1. The molecule has 8 nitrogen and oxygen atoms in total. The van der Waals surface area contributed by atoms with Crippen molar-refractivity contribution in [3.63, 3.8) is 0 Å². The molecule has 1 saturated heterocycles. The van der Waals surface area contributed by atoms with E-state index in [2.05, 4.69) is 31.9 Å². The number of aromatic amines is 2. The van der Waals surface area contributed by atoms with Gasteiger partial charge in [0.2, 0.25) is 0 Å². The molecular formula is C20H24N6O2. The molecule has 0 bridgehead atoms. The van der Waals surface area contributed by atoms with Crippen LogP contribution < -0.4 is 5.69 Å². The summed E-state index contributed by atoms with van der Waals surface area (Å²) in [7, 11) is 2.12. The Kier molecular flexibility index (Phi) is 5.21. The molecule has 2 N–H and O–H groups in total. The number of amides is 1. The number of rotatable bonds is 4. The summed E-state index contributed by atoms with van der Waals surface area (Å²) in [6, 6.07) is 8.08. The molecule has 0 aromatic carbocycles. The van der Waals surface area contributed by atoms with Gasteiger partial charge in [0.25, 0.3) is 5.91 Å². The second-order valence-electron chi connectivity index (χ2n) is 7.31. The lowest BCUT2D eigenvalue weighted by molar-refractivity contribution is 0.0757. The predicted octanol–water partition coefficient (Wildman–Crippen LogP) is 1.77.